The molecule has 0 bridgehead atoms. The van der Waals surface area contributed by atoms with Gasteiger partial charge in [-0.05, 0) is 17.7 Å². The van der Waals surface area contributed by atoms with E-state index >= 15 is 0 Å². The topological polar surface area (TPSA) is 107 Å². The first kappa shape index (κ1) is 13.3. The third-order valence-electron chi connectivity index (χ3n) is 3.31. The number of phenols is 3. The summed E-state index contributed by atoms with van der Waals surface area (Å²) in [6.45, 7) is 0. The highest BCUT2D eigenvalue weighted by atomic mass is 16.6. The van der Waals surface area contributed by atoms with Crippen molar-refractivity contribution in [3.05, 3.63) is 47.5 Å². The molecule has 0 saturated carbocycles. The van der Waals surface area contributed by atoms with E-state index in [2.05, 4.69) is 0 Å². The van der Waals surface area contributed by atoms with Crippen LogP contribution in [0.2, 0.25) is 0 Å². The maximum absolute atomic E-state index is 12.3. The monoisotopic (exact) mass is 288 g/mol. The van der Waals surface area contributed by atoms with Gasteiger partial charge in [-0.2, -0.15) is 0 Å². The molecule has 1 aliphatic heterocycles. The molecule has 1 heterocycles. The Hall–Kier alpha value is -2.73. The van der Waals surface area contributed by atoms with Crippen LogP contribution in [0.25, 0.3) is 0 Å². The Labute approximate surface area is 119 Å². The molecule has 0 spiro atoms. The van der Waals surface area contributed by atoms with E-state index in [0.29, 0.717) is 5.56 Å². The smallest absolute Gasteiger partial charge is 0.277 e. The number of Topliss-reactive ketones (excluding diaryl/α,β-unsaturated/α-hetero) is 1. The Morgan fingerprint density at radius 3 is 2.33 bits per heavy atom. The highest BCUT2D eigenvalue weighted by Gasteiger charge is 2.48. The molecule has 0 saturated heterocycles. The fourth-order valence-electron chi connectivity index (χ4n) is 2.33. The summed E-state index contributed by atoms with van der Waals surface area (Å²) < 4.78 is 5.23. The van der Waals surface area contributed by atoms with Gasteiger partial charge in [0.15, 0.2) is 0 Å². The van der Waals surface area contributed by atoms with Crippen LogP contribution in [-0.2, 0) is 6.42 Å². The summed E-state index contributed by atoms with van der Waals surface area (Å²) in [5, 5.41) is 38.7. The number of aliphatic hydroxyl groups is 1. The van der Waals surface area contributed by atoms with Gasteiger partial charge < -0.3 is 25.2 Å². The Morgan fingerprint density at radius 2 is 1.67 bits per heavy atom. The van der Waals surface area contributed by atoms with E-state index in [1.807, 2.05) is 0 Å². The van der Waals surface area contributed by atoms with Crippen LogP contribution in [0.4, 0.5) is 0 Å². The van der Waals surface area contributed by atoms with Crippen LogP contribution in [0.5, 0.6) is 23.0 Å². The standard InChI is InChI=1S/C15H12O6/c16-9-3-1-8(2-4-9)7-15(20)14(19)13-11(18)5-10(17)6-12(13)21-15/h1-6,16-18,20H,7H2/t15-/m0/s1. The van der Waals surface area contributed by atoms with Crippen LogP contribution < -0.4 is 4.74 Å². The van der Waals surface area contributed by atoms with Crippen LogP contribution in [0.15, 0.2) is 36.4 Å². The molecule has 4 N–H and O–H groups in total. The predicted molar refractivity (Wildman–Crippen MR) is 71.5 cm³/mol. The number of benzene rings is 2. The molecular formula is C15H12O6. The molecule has 1 atom stereocenters. The van der Waals surface area contributed by atoms with Gasteiger partial charge in [-0.25, -0.2) is 0 Å². The van der Waals surface area contributed by atoms with E-state index in [4.69, 9.17) is 4.74 Å². The molecule has 21 heavy (non-hydrogen) atoms. The molecule has 2 aromatic rings. The van der Waals surface area contributed by atoms with Crippen molar-refractivity contribution in [1.29, 1.82) is 0 Å². The number of fused-ring (bicyclic) bond motifs is 1. The van der Waals surface area contributed by atoms with Gasteiger partial charge >= 0.3 is 0 Å². The second kappa shape index (κ2) is 4.39. The van der Waals surface area contributed by atoms with Crippen LogP contribution in [0.1, 0.15) is 15.9 Å². The van der Waals surface area contributed by atoms with Crippen molar-refractivity contribution in [2.75, 3.05) is 0 Å². The SMILES string of the molecule is O=C1c2c(O)cc(O)cc2O[C@@]1(O)Cc1ccc(O)cc1. The molecule has 2 aromatic carbocycles. The number of aromatic hydroxyl groups is 3. The molecule has 0 unspecified atom stereocenters. The van der Waals surface area contributed by atoms with Crippen LogP contribution in [-0.4, -0.2) is 32.0 Å². The van der Waals surface area contributed by atoms with Crippen LogP contribution >= 0.6 is 0 Å². The van der Waals surface area contributed by atoms with Gasteiger partial charge in [-0.3, -0.25) is 4.79 Å². The summed E-state index contributed by atoms with van der Waals surface area (Å²) in [6, 6.07) is 8.10. The molecule has 0 aliphatic carbocycles. The van der Waals surface area contributed by atoms with Gasteiger partial charge in [0, 0.05) is 18.6 Å². The number of phenolic OH excluding ortho intramolecular Hbond substituents is 3. The minimum absolute atomic E-state index is 0.0651. The average molecular weight is 288 g/mol. The van der Waals surface area contributed by atoms with Crippen molar-refractivity contribution in [3.8, 4) is 23.0 Å². The third-order valence-corrected chi connectivity index (χ3v) is 3.31. The maximum Gasteiger partial charge on any atom is 0.277 e. The van der Waals surface area contributed by atoms with Crippen molar-refractivity contribution in [2.24, 2.45) is 0 Å². The molecule has 1 aliphatic rings. The third kappa shape index (κ3) is 2.15. The van der Waals surface area contributed by atoms with Crippen LogP contribution in [0.3, 0.4) is 0 Å². The number of ketones is 1. The Bertz CT molecular complexity index is 722. The predicted octanol–water partition coefficient (Wildman–Crippen LogP) is 1.31. The lowest BCUT2D eigenvalue weighted by Gasteiger charge is -2.20. The molecule has 108 valence electrons. The lowest BCUT2D eigenvalue weighted by atomic mass is 9.98. The number of rotatable bonds is 2. The molecule has 0 amide bonds. The number of hydrogen-bond donors (Lipinski definition) is 4. The second-order valence-corrected chi connectivity index (χ2v) is 4.90. The Balaban J connectivity index is 1.95. The summed E-state index contributed by atoms with van der Waals surface area (Å²) in [5.41, 5.74) is 0.411. The molecule has 0 radical (unpaired) electrons. The lowest BCUT2D eigenvalue weighted by molar-refractivity contribution is -0.0889. The van der Waals surface area contributed by atoms with E-state index in [1.54, 1.807) is 12.1 Å². The minimum Gasteiger partial charge on any atom is -0.508 e. The van der Waals surface area contributed by atoms with E-state index in [9.17, 15) is 25.2 Å². The first-order valence-corrected chi connectivity index (χ1v) is 6.19. The van der Waals surface area contributed by atoms with Gasteiger partial charge in [0.1, 0.15) is 28.6 Å². The summed E-state index contributed by atoms with van der Waals surface area (Å²) >= 11 is 0. The Kier molecular flexibility index (Phi) is 2.77. The zero-order valence-corrected chi connectivity index (χ0v) is 10.8. The van der Waals surface area contributed by atoms with Crippen molar-refractivity contribution in [3.63, 3.8) is 0 Å². The van der Waals surface area contributed by atoms with Crippen LogP contribution in [0, 0.1) is 0 Å². The molecule has 0 fully saturated rings. The zero-order chi connectivity index (χ0) is 15.2. The largest absolute Gasteiger partial charge is 0.508 e. The molecule has 6 heteroatoms. The first-order chi connectivity index (χ1) is 9.89. The number of carbonyl (C=O) groups excluding carboxylic acids is 1. The van der Waals surface area contributed by atoms with Crippen molar-refractivity contribution in [1.82, 2.24) is 0 Å². The summed E-state index contributed by atoms with van der Waals surface area (Å²) in [7, 11) is 0. The van der Waals surface area contributed by atoms with E-state index < -0.39 is 17.3 Å². The average Bonchev–Trinajstić information content (AvgIpc) is 2.64. The van der Waals surface area contributed by atoms with E-state index in [-0.39, 0.29) is 29.2 Å². The van der Waals surface area contributed by atoms with E-state index in [1.165, 1.54) is 12.1 Å². The van der Waals surface area contributed by atoms with Crippen molar-refractivity contribution in [2.45, 2.75) is 12.2 Å². The van der Waals surface area contributed by atoms with Gasteiger partial charge in [0.05, 0.1) is 0 Å². The first-order valence-electron chi connectivity index (χ1n) is 6.19. The molecule has 3 rings (SSSR count). The van der Waals surface area contributed by atoms with Gasteiger partial charge in [-0.15, -0.1) is 0 Å². The quantitative estimate of drug-likeness (QED) is 0.663. The van der Waals surface area contributed by atoms with Crippen molar-refractivity contribution < 1.29 is 30.0 Å². The van der Waals surface area contributed by atoms with Gasteiger partial charge in [0.25, 0.3) is 5.79 Å². The highest BCUT2D eigenvalue weighted by Crippen LogP contribution is 2.42. The maximum atomic E-state index is 12.3. The molecular weight excluding hydrogens is 276 g/mol. The van der Waals surface area contributed by atoms with Crippen molar-refractivity contribution >= 4 is 5.78 Å². The lowest BCUT2D eigenvalue weighted by Crippen LogP contribution is -2.42. The number of hydrogen-bond acceptors (Lipinski definition) is 6. The fourth-order valence-corrected chi connectivity index (χ4v) is 2.33. The highest BCUT2D eigenvalue weighted by molar-refractivity contribution is 6.08. The zero-order valence-electron chi connectivity index (χ0n) is 10.8. The normalized spacial score (nSPS) is 20.1. The fraction of sp³-hybridized carbons (Fsp3) is 0.133. The number of carbonyl (C=O) groups is 1. The van der Waals surface area contributed by atoms with E-state index in [0.717, 1.165) is 12.1 Å². The molecule has 6 nitrogen and oxygen atoms in total. The summed E-state index contributed by atoms with van der Waals surface area (Å²) in [6.07, 6.45) is -0.152. The number of ether oxygens (including phenoxy) is 1. The van der Waals surface area contributed by atoms with Gasteiger partial charge in [-0.1, -0.05) is 12.1 Å². The molecule has 0 aromatic heterocycles. The Morgan fingerprint density at radius 1 is 1.00 bits per heavy atom. The minimum atomic E-state index is -2.15. The summed E-state index contributed by atoms with van der Waals surface area (Å²) in [5.74, 6) is -3.65. The summed E-state index contributed by atoms with van der Waals surface area (Å²) in [4.78, 5) is 12.3. The van der Waals surface area contributed by atoms with Gasteiger partial charge in [0.2, 0.25) is 5.78 Å². The second-order valence-electron chi connectivity index (χ2n) is 4.90.